The van der Waals surface area contributed by atoms with E-state index >= 15 is 0 Å². The Labute approximate surface area is 96.9 Å². The molecule has 1 heterocycles. The summed E-state index contributed by atoms with van der Waals surface area (Å²) in [5.74, 6) is 3.52. The van der Waals surface area contributed by atoms with Crippen LogP contribution in [-0.4, -0.2) is 23.6 Å². The van der Waals surface area contributed by atoms with Crippen molar-refractivity contribution in [2.75, 3.05) is 24.2 Å². The van der Waals surface area contributed by atoms with Gasteiger partial charge in [-0.3, -0.25) is 0 Å². The van der Waals surface area contributed by atoms with E-state index in [1.54, 1.807) is 6.33 Å². The lowest BCUT2D eigenvalue weighted by Gasteiger charge is -2.14. The Morgan fingerprint density at radius 1 is 1.38 bits per heavy atom. The van der Waals surface area contributed by atoms with Gasteiger partial charge in [-0.2, -0.15) is 0 Å². The molecular weight excluding hydrogens is 200 g/mol. The second-order valence-electron chi connectivity index (χ2n) is 4.64. The van der Waals surface area contributed by atoms with Crippen molar-refractivity contribution in [2.24, 2.45) is 11.8 Å². The predicted octanol–water partition coefficient (Wildman–Crippen LogP) is 2.28. The Morgan fingerprint density at radius 3 is 2.69 bits per heavy atom. The molecule has 1 fully saturated rings. The van der Waals surface area contributed by atoms with Gasteiger partial charge in [0.2, 0.25) is 0 Å². The number of hydrogen-bond acceptors (Lipinski definition) is 4. The fourth-order valence-corrected chi connectivity index (χ4v) is 1.97. The first-order valence-corrected chi connectivity index (χ1v) is 5.95. The quantitative estimate of drug-likeness (QED) is 0.799. The van der Waals surface area contributed by atoms with E-state index in [1.807, 2.05) is 14.0 Å². The van der Waals surface area contributed by atoms with Crippen molar-refractivity contribution in [2.45, 2.75) is 26.7 Å². The molecule has 0 radical (unpaired) electrons. The van der Waals surface area contributed by atoms with Gasteiger partial charge in [-0.1, -0.05) is 6.92 Å². The van der Waals surface area contributed by atoms with E-state index in [0.717, 1.165) is 35.6 Å². The Bertz CT molecular complexity index is 360. The zero-order valence-corrected chi connectivity index (χ0v) is 10.2. The molecule has 1 unspecified atom stereocenters. The van der Waals surface area contributed by atoms with Crippen LogP contribution in [0.3, 0.4) is 0 Å². The molecule has 1 aromatic rings. The molecule has 2 N–H and O–H groups in total. The van der Waals surface area contributed by atoms with Crippen LogP contribution in [0.25, 0.3) is 0 Å². The second kappa shape index (κ2) is 4.68. The summed E-state index contributed by atoms with van der Waals surface area (Å²) in [6.45, 7) is 5.35. The Kier molecular flexibility index (Phi) is 3.27. The summed E-state index contributed by atoms with van der Waals surface area (Å²) in [6, 6.07) is 0. The number of rotatable bonds is 5. The van der Waals surface area contributed by atoms with E-state index in [4.69, 9.17) is 0 Å². The van der Waals surface area contributed by atoms with Gasteiger partial charge >= 0.3 is 0 Å². The lowest BCUT2D eigenvalue weighted by atomic mass is 10.1. The lowest BCUT2D eigenvalue weighted by Crippen LogP contribution is -2.15. The topological polar surface area (TPSA) is 49.8 Å². The van der Waals surface area contributed by atoms with Gasteiger partial charge in [0, 0.05) is 19.2 Å². The molecule has 1 aliphatic carbocycles. The van der Waals surface area contributed by atoms with E-state index in [1.165, 1.54) is 12.8 Å². The molecule has 4 heteroatoms. The smallest absolute Gasteiger partial charge is 0.134 e. The minimum atomic E-state index is 0.743. The summed E-state index contributed by atoms with van der Waals surface area (Å²) in [6.07, 6.45) is 4.39. The first-order valence-electron chi connectivity index (χ1n) is 5.95. The zero-order valence-electron chi connectivity index (χ0n) is 10.2. The minimum Gasteiger partial charge on any atom is -0.373 e. The number of aromatic nitrogens is 2. The van der Waals surface area contributed by atoms with Crippen molar-refractivity contribution in [1.29, 1.82) is 0 Å². The maximum absolute atomic E-state index is 4.28. The van der Waals surface area contributed by atoms with Crippen LogP contribution in [0.15, 0.2) is 6.33 Å². The van der Waals surface area contributed by atoms with E-state index in [9.17, 15) is 0 Å². The highest BCUT2D eigenvalue weighted by atomic mass is 15.1. The van der Waals surface area contributed by atoms with Crippen molar-refractivity contribution in [3.63, 3.8) is 0 Å². The second-order valence-corrected chi connectivity index (χ2v) is 4.64. The third-order valence-electron chi connectivity index (χ3n) is 3.34. The van der Waals surface area contributed by atoms with Gasteiger partial charge in [-0.25, -0.2) is 9.97 Å². The van der Waals surface area contributed by atoms with Gasteiger partial charge in [0.15, 0.2) is 0 Å². The maximum atomic E-state index is 4.28. The third-order valence-corrected chi connectivity index (χ3v) is 3.34. The van der Waals surface area contributed by atoms with Gasteiger partial charge in [0.05, 0.1) is 0 Å². The molecular formula is C12H20N4. The summed E-state index contributed by atoms with van der Waals surface area (Å²) in [5.41, 5.74) is 1.09. The Morgan fingerprint density at radius 2 is 2.06 bits per heavy atom. The van der Waals surface area contributed by atoms with E-state index in [0.29, 0.717) is 0 Å². The van der Waals surface area contributed by atoms with Gasteiger partial charge < -0.3 is 10.6 Å². The number of anilines is 2. The molecule has 0 aromatic carbocycles. The summed E-state index contributed by atoms with van der Waals surface area (Å²) in [4.78, 5) is 8.45. The average molecular weight is 220 g/mol. The molecule has 0 spiro atoms. The molecule has 0 bridgehead atoms. The summed E-state index contributed by atoms with van der Waals surface area (Å²) in [5, 5.41) is 6.48. The largest absolute Gasteiger partial charge is 0.373 e. The number of nitrogens with one attached hydrogen (secondary N) is 2. The van der Waals surface area contributed by atoms with Crippen LogP contribution in [0, 0.1) is 18.8 Å². The van der Waals surface area contributed by atoms with Crippen LogP contribution >= 0.6 is 0 Å². The van der Waals surface area contributed by atoms with Crippen molar-refractivity contribution in [1.82, 2.24) is 9.97 Å². The normalized spacial score (nSPS) is 16.9. The van der Waals surface area contributed by atoms with E-state index in [-0.39, 0.29) is 0 Å². The molecule has 1 atom stereocenters. The first-order chi connectivity index (χ1) is 7.72. The molecule has 2 rings (SSSR count). The van der Waals surface area contributed by atoms with Crippen molar-refractivity contribution >= 4 is 11.6 Å². The van der Waals surface area contributed by atoms with Crippen LogP contribution < -0.4 is 10.6 Å². The first kappa shape index (κ1) is 11.2. The lowest BCUT2D eigenvalue weighted by molar-refractivity contribution is 0.535. The van der Waals surface area contributed by atoms with Crippen LogP contribution in [0.5, 0.6) is 0 Å². The molecule has 0 saturated heterocycles. The highest BCUT2D eigenvalue weighted by Crippen LogP contribution is 2.36. The maximum Gasteiger partial charge on any atom is 0.134 e. The van der Waals surface area contributed by atoms with Crippen LogP contribution in [-0.2, 0) is 0 Å². The highest BCUT2D eigenvalue weighted by Gasteiger charge is 2.27. The van der Waals surface area contributed by atoms with Crippen molar-refractivity contribution in [3.8, 4) is 0 Å². The summed E-state index contributed by atoms with van der Waals surface area (Å²) >= 11 is 0. The third kappa shape index (κ3) is 2.43. The molecule has 1 aliphatic rings. The Hall–Kier alpha value is -1.32. The van der Waals surface area contributed by atoms with Crippen LogP contribution in [0.2, 0.25) is 0 Å². The standard InChI is InChI=1S/C12H20N4/c1-8(10-4-5-10)6-14-12-9(2)11(13-3)15-7-16-12/h7-8,10H,4-6H2,1-3H3,(H2,13,14,15,16). The number of hydrogen-bond donors (Lipinski definition) is 2. The monoisotopic (exact) mass is 220 g/mol. The van der Waals surface area contributed by atoms with Gasteiger partial charge in [0.1, 0.15) is 18.0 Å². The summed E-state index contributed by atoms with van der Waals surface area (Å²) in [7, 11) is 1.88. The fourth-order valence-electron chi connectivity index (χ4n) is 1.97. The average Bonchev–Trinajstić information content (AvgIpc) is 3.11. The van der Waals surface area contributed by atoms with E-state index in [2.05, 4.69) is 27.5 Å². The minimum absolute atomic E-state index is 0.743. The molecule has 1 saturated carbocycles. The molecule has 1 aromatic heterocycles. The molecule has 4 nitrogen and oxygen atoms in total. The molecule has 0 aliphatic heterocycles. The van der Waals surface area contributed by atoms with Crippen molar-refractivity contribution in [3.05, 3.63) is 11.9 Å². The fraction of sp³-hybridized carbons (Fsp3) is 0.667. The molecule has 0 amide bonds. The molecule has 16 heavy (non-hydrogen) atoms. The zero-order chi connectivity index (χ0) is 11.5. The van der Waals surface area contributed by atoms with Crippen LogP contribution in [0.1, 0.15) is 25.3 Å². The van der Waals surface area contributed by atoms with Crippen molar-refractivity contribution < 1.29 is 0 Å². The molecule has 88 valence electrons. The highest BCUT2D eigenvalue weighted by molar-refractivity contribution is 5.56. The van der Waals surface area contributed by atoms with Gasteiger partial charge in [0.25, 0.3) is 0 Å². The summed E-state index contributed by atoms with van der Waals surface area (Å²) < 4.78 is 0. The number of nitrogens with zero attached hydrogens (tertiary/aromatic N) is 2. The SMILES string of the molecule is CNc1ncnc(NCC(C)C2CC2)c1C. The van der Waals surface area contributed by atoms with Crippen LogP contribution in [0.4, 0.5) is 11.6 Å². The van der Waals surface area contributed by atoms with Gasteiger partial charge in [-0.15, -0.1) is 0 Å². The van der Waals surface area contributed by atoms with Gasteiger partial charge in [-0.05, 0) is 31.6 Å². The van der Waals surface area contributed by atoms with E-state index < -0.39 is 0 Å². The Balaban J connectivity index is 1.97. The predicted molar refractivity (Wildman–Crippen MR) is 66.7 cm³/mol.